The third-order valence-electron chi connectivity index (χ3n) is 6.09. The van der Waals surface area contributed by atoms with Crippen LogP contribution in [-0.2, 0) is 9.59 Å². The number of anilines is 1. The van der Waals surface area contributed by atoms with Gasteiger partial charge in [-0.1, -0.05) is 0 Å². The van der Waals surface area contributed by atoms with Crippen LogP contribution >= 0.6 is 0 Å². The van der Waals surface area contributed by atoms with Crippen molar-refractivity contribution in [3.05, 3.63) is 46.0 Å². The minimum absolute atomic E-state index is 0.0482. The largest absolute Gasteiger partial charge is 0.492 e. The molecule has 36 heavy (non-hydrogen) atoms. The Hall–Kier alpha value is -3.93. The highest BCUT2D eigenvalue weighted by Crippen LogP contribution is 2.44. The fraction of sp³-hybridized carbons (Fsp3) is 0.417. The molecule has 4 rings (SSSR count). The average Bonchev–Trinajstić information content (AvgIpc) is 3.68. The van der Waals surface area contributed by atoms with E-state index < -0.39 is 29.2 Å². The molecule has 1 saturated heterocycles. The number of benzene rings is 1. The van der Waals surface area contributed by atoms with Gasteiger partial charge in [-0.05, 0) is 38.8 Å². The summed E-state index contributed by atoms with van der Waals surface area (Å²) in [6, 6.07) is 1.51. The number of nitrogens with zero attached hydrogens (tertiary/aromatic N) is 2. The second-order valence-corrected chi connectivity index (χ2v) is 8.54. The van der Waals surface area contributed by atoms with Crippen molar-refractivity contribution < 1.29 is 38.8 Å². The van der Waals surface area contributed by atoms with Crippen molar-refractivity contribution >= 4 is 34.5 Å². The van der Waals surface area contributed by atoms with Crippen LogP contribution in [0.25, 0.3) is 10.9 Å². The molecule has 2 heterocycles. The van der Waals surface area contributed by atoms with Crippen LogP contribution in [0.15, 0.2) is 29.2 Å². The van der Waals surface area contributed by atoms with Crippen LogP contribution in [-0.4, -0.2) is 71.1 Å². The zero-order chi connectivity index (χ0) is 26.6. The molecule has 11 nitrogen and oxygen atoms in total. The number of aromatic nitrogens is 1. The number of likely N-dealkylation sites (N-methyl/N-ethyl adjacent to an activating group) is 1. The third kappa shape index (κ3) is 5.82. The van der Waals surface area contributed by atoms with Gasteiger partial charge in [0.15, 0.2) is 11.6 Å². The lowest BCUT2D eigenvalue weighted by molar-refractivity contribution is -0.134. The number of aliphatic carboxylic acids is 2. The third-order valence-corrected chi connectivity index (χ3v) is 6.09. The highest BCUT2D eigenvalue weighted by atomic mass is 19.1. The molecule has 0 radical (unpaired) electrons. The lowest BCUT2D eigenvalue weighted by atomic mass is 10.0. The van der Waals surface area contributed by atoms with Crippen LogP contribution in [0.5, 0.6) is 5.75 Å². The number of pyridine rings is 1. The Balaban J connectivity index is 0.000000392. The Bertz CT molecular complexity index is 1250. The number of piperidine rings is 1. The highest BCUT2D eigenvalue weighted by Gasteiger charge is 2.32. The topological polar surface area (TPSA) is 158 Å². The van der Waals surface area contributed by atoms with E-state index in [4.69, 9.17) is 14.9 Å². The quantitative estimate of drug-likeness (QED) is 0.411. The molecule has 1 aliphatic carbocycles. The zero-order valence-corrected chi connectivity index (χ0v) is 19.9. The molecule has 0 bridgehead atoms. The van der Waals surface area contributed by atoms with Gasteiger partial charge >= 0.3 is 17.9 Å². The molecule has 1 unspecified atom stereocenters. The van der Waals surface area contributed by atoms with Crippen LogP contribution < -0.4 is 20.4 Å². The van der Waals surface area contributed by atoms with Crippen molar-refractivity contribution in [1.29, 1.82) is 0 Å². The molecule has 2 aromatic rings. The van der Waals surface area contributed by atoms with Crippen molar-refractivity contribution in [1.82, 2.24) is 9.88 Å². The lowest BCUT2D eigenvalue weighted by Gasteiger charge is -2.35. The second-order valence-electron chi connectivity index (χ2n) is 8.54. The Labute approximate surface area is 205 Å². The molecule has 1 atom stereocenters. The van der Waals surface area contributed by atoms with Crippen LogP contribution in [0.4, 0.5) is 10.1 Å². The first-order chi connectivity index (χ1) is 17.1. The maximum absolute atomic E-state index is 15.2. The predicted molar refractivity (Wildman–Crippen MR) is 129 cm³/mol. The van der Waals surface area contributed by atoms with Crippen LogP contribution in [0.3, 0.4) is 0 Å². The summed E-state index contributed by atoms with van der Waals surface area (Å²) >= 11 is 0. The number of hydrogen-bond donors (Lipinski definition) is 4. The van der Waals surface area contributed by atoms with E-state index in [0.29, 0.717) is 42.2 Å². The van der Waals surface area contributed by atoms with Gasteiger partial charge in [-0.25, -0.2) is 18.8 Å². The van der Waals surface area contributed by atoms with Gasteiger partial charge in [-0.2, -0.15) is 0 Å². The van der Waals surface area contributed by atoms with Gasteiger partial charge in [0, 0.05) is 43.5 Å². The molecule has 1 aromatic carbocycles. The van der Waals surface area contributed by atoms with Crippen LogP contribution in [0.2, 0.25) is 0 Å². The zero-order valence-electron chi connectivity index (χ0n) is 19.9. The molecule has 2 fully saturated rings. The lowest BCUT2D eigenvalue weighted by Crippen LogP contribution is -2.45. The van der Waals surface area contributed by atoms with Crippen molar-refractivity contribution in [2.24, 2.45) is 0 Å². The number of carboxylic acids is 3. The predicted octanol–water partition coefficient (Wildman–Crippen LogP) is 2.08. The first kappa shape index (κ1) is 26.7. The Morgan fingerprint density at radius 2 is 1.78 bits per heavy atom. The minimum Gasteiger partial charge on any atom is -0.492 e. The maximum Gasteiger partial charge on any atom is 0.341 e. The van der Waals surface area contributed by atoms with Crippen molar-refractivity contribution in [3.63, 3.8) is 0 Å². The number of aromatic carboxylic acids is 1. The molecule has 1 aromatic heterocycles. The van der Waals surface area contributed by atoms with Crippen LogP contribution in [0, 0.1) is 5.82 Å². The van der Waals surface area contributed by atoms with Gasteiger partial charge in [-0.3, -0.25) is 4.79 Å². The smallest absolute Gasteiger partial charge is 0.341 e. The average molecular weight is 505 g/mol. The molecule has 12 heteroatoms. The minimum atomic E-state index is -1.31. The van der Waals surface area contributed by atoms with Crippen molar-refractivity contribution in [3.8, 4) is 5.75 Å². The monoisotopic (exact) mass is 505 g/mol. The number of methoxy groups -OCH3 is 1. The van der Waals surface area contributed by atoms with Crippen molar-refractivity contribution in [2.75, 3.05) is 32.1 Å². The van der Waals surface area contributed by atoms with E-state index in [2.05, 4.69) is 5.32 Å². The fourth-order valence-electron chi connectivity index (χ4n) is 4.28. The fourth-order valence-corrected chi connectivity index (χ4v) is 4.28. The number of hydrogen-bond acceptors (Lipinski definition) is 7. The molecule has 1 saturated carbocycles. The summed E-state index contributed by atoms with van der Waals surface area (Å²) in [7, 11) is 3.35. The molecule has 1 aliphatic heterocycles. The van der Waals surface area contributed by atoms with E-state index in [1.807, 2.05) is 11.9 Å². The van der Waals surface area contributed by atoms with E-state index in [9.17, 15) is 24.3 Å². The summed E-state index contributed by atoms with van der Waals surface area (Å²) < 4.78 is 22.6. The number of ether oxygens (including phenoxy) is 1. The number of nitrogens with one attached hydrogen (secondary N) is 1. The van der Waals surface area contributed by atoms with Gasteiger partial charge in [0.05, 0.1) is 18.0 Å². The van der Waals surface area contributed by atoms with Gasteiger partial charge < -0.3 is 34.8 Å². The molecule has 194 valence electrons. The summed E-state index contributed by atoms with van der Waals surface area (Å²) in [4.78, 5) is 45.3. The number of carboxylic acid groups (broad SMARTS) is 3. The summed E-state index contributed by atoms with van der Waals surface area (Å²) in [5, 5.41) is 28.3. The van der Waals surface area contributed by atoms with E-state index in [1.54, 1.807) is 4.57 Å². The van der Waals surface area contributed by atoms with Gasteiger partial charge in [0.2, 0.25) is 5.43 Å². The summed E-state index contributed by atoms with van der Waals surface area (Å²) in [6.45, 7) is 1.33. The van der Waals surface area contributed by atoms with E-state index in [-0.39, 0.29) is 23.0 Å². The number of halogens is 1. The normalized spacial score (nSPS) is 17.5. The van der Waals surface area contributed by atoms with Gasteiger partial charge in [0.1, 0.15) is 11.3 Å². The Morgan fingerprint density at radius 3 is 2.28 bits per heavy atom. The van der Waals surface area contributed by atoms with Gasteiger partial charge in [-0.15, -0.1) is 0 Å². The van der Waals surface area contributed by atoms with Crippen LogP contribution in [0.1, 0.15) is 42.1 Å². The van der Waals surface area contributed by atoms with E-state index >= 15 is 4.39 Å². The second kappa shape index (κ2) is 11.2. The number of carbonyl (C=O) groups is 3. The summed E-state index contributed by atoms with van der Waals surface area (Å²) in [5.41, 5.74) is -0.216. The SMILES string of the molecule is CNC1CCCN(c2c(F)cc3c(=O)c(C(=O)O)cn(C4CC4)c3c2OC)C1.O=C(O)/C=C\C(=O)O. The summed E-state index contributed by atoms with van der Waals surface area (Å²) in [6.07, 6.45) is 6.20. The number of rotatable bonds is 7. The molecule has 2 aliphatic rings. The van der Waals surface area contributed by atoms with Crippen molar-refractivity contribution in [2.45, 2.75) is 37.8 Å². The highest BCUT2D eigenvalue weighted by molar-refractivity contribution is 5.97. The first-order valence-corrected chi connectivity index (χ1v) is 11.3. The Kier molecular flexibility index (Phi) is 8.30. The van der Waals surface area contributed by atoms with E-state index in [1.165, 1.54) is 19.4 Å². The standard InChI is InChI=1S/C20H24FN3O4.C4H4O4/c1-22-11-4-3-7-23(9-11)17-15(21)8-13-16(19(17)28-2)24(12-5-6-12)10-14(18(13)25)20(26)27;5-3(6)1-2-4(7)8/h8,10-12,22H,3-7,9H2,1-2H3,(H,26,27);1-2H,(H,5,6)(H,7,8)/b;2-1-. The van der Waals surface area contributed by atoms with E-state index in [0.717, 1.165) is 25.7 Å². The summed E-state index contributed by atoms with van der Waals surface area (Å²) in [5.74, 6) is -4.09. The maximum atomic E-state index is 15.2. The number of fused-ring (bicyclic) bond motifs is 1. The first-order valence-electron chi connectivity index (χ1n) is 11.3. The van der Waals surface area contributed by atoms with Gasteiger partial charge in [0.25, 0.3) is 0 Å². The molecule has 0 amide bonds. The molecular weight excluding hydrogens is 477 g/mol. The molecular formula is C24H28FN3O8. The Morgan fingerprint density at radius 1 is 1.14 bits per heavy atom. The molecule has 0 spiro atoms. The molecule has 4 N–H and O–H groups in total.